The van der Waals surface area contributed by atoms with Crippen LogP contribution in [0.15, 0.2) is 38.4 Å². The number of aromatic nitrogens is 3. The molecule has 0 bridgehead atoms. The summed E-state index contributed by atoms with van der Waals surface area (Å²) in [5.74, 6) is 1.99. The van der Waals surface area contributed by atoms with Gasteiger partial charge in [0, 0.05) is 17.4 Å². The van der Waals surface area contributed by atoms with Crippen LogP contribution >= 0.6 is 11.8 Å². The van der Waals surface area contributed by atoms with E-state index in [-0.39, 0.29) is 0 Å². The fraction of sp³-hybridized carbons (Fsp3) is 0.267. The third kappa shape index (κ3) is 3.33. The first-order valence-corrected chi connectivity index (χ1v) is 7.56. The van der Waals surface area contributed by atoms with E-state index >= 15 is 0 Å². The number of thioether (sulfide) groups is 1. The fourth-order valence-electron chi connectivity index (χ4n) is 2.10. The lowest BCUT2D eigenvalue weighted by molar-refractivity contribution is 0.392. The highest BCUT2D eigenvalue weighted by Crippen LogP contribution is 2.26. The van der Waals surface area contributed by atoms with Crippen molar-refractivity contribution in [2.24, 2.45) is 0 Å². The van der Waals surface area contributed by atoms with Crippen LogP contribution in [0.3, 0.4) is 0 Å². The number of nitrogens with zero attached hydrogens (tertiary/aromatic N) is 3. The molecule has 0 unspecified atom stereocenters. The zero-order valence-corrected chi connectivity index (χ0v) is 12.9. The second-order valence-electron chi connectivity index (χ2n) is 4.97. The van der Waals surface area contributed by atoms with Crippen molar-refractivity contribution in [3.05, 3.63) is 46.8 Å². The zero-order valence-electron chi connectivity index (χ0n) is 12.1. The smallest absolute Gasteiger partial charge is 0.277 e. The van der Waals surface area contributed by atoms with Gasteiger partial charge in [-0.2, -0.15) is 0 Å². The Morgan fingerprint density at radius 3 is 2.43 bits per heavy atom. The van der Waals surface area contributed by atoms with Gasteiger partial charge in [0.2, 0.25) is 5.89 Å². The van der Waals surface area contributed by atoms with Crippen molar-refractivity contribution in [2.75, 3.05) is 0 Å². The molecule has 0 radical (unpaired) electrons. The maximum atomic E-state index is 5.69. The maximum absolute atomic E-state index is 5.69. The van der Waals surface area contributed by atoms with Crippen molar-refractivity contribution in [3.8, 4) is 11.5 Å². The molecule has 1 aromatic carbocycles. The van der Waals surface area contributed by atoms with Crippen molar-refractivity contribution in [2.45, 2.75) is 31.7 Å². The molecule has 0 atom stereocenters. The molecule has 3 rings (SSSR count). The molecule has 6 heteroatoms. The molecule has 0 fully saturated rings. The Balaban J connectivity index is 1.73. The largest absolute Gasteiger partial charge is 0.411 e. The van der Waals surface area contributed by atoms with E-state index in [1.165, 1.54) is 22.9 Å². The summed E-state index contributed by atoms with van der Waals surface area (Å²) in [7, 11) is 0. The van der Waals surface area contributed by atoms with Gasteiger partial charge in [-0.15, -0.1) is 10.2 Å². The molecule has 108 valence electrons. The van der Waals surface area contributed by atoms with Crippen LogP contribution in [0, 0.1) is 20.8 Å². The Morgan fingerprint density at radius 1 is 1.00 bits per heavy atom. The highest BCUT2D eigenvalue weighted by molar-refractivity contribution is 7.98. The molecule has 0 spiro atoms. The van der Waals surface area contributed by atoms with Crippen molar-refractivity contribution in [3.63, 3.8) is 0 Å². The predicted molar refractivity (Wildman–Crippen MR) is 80.0 cm³/mol. The predicted octanol–water partition coefficient (Wildman–Crippen LogP) is 3.94. The first-order valence-electron chi connectivity index (χ1n) is 6.57. The van der Waals surface area contributed by atoms with Crippen LogP contribution in [0.25, 0.3) is 11.5 Å². The average Bonchev–Trinajstić information content (AvgIpc) is 3.04. The van der Waals surface area contributed by atoms with Crippen LogP contribution in [-0.2, 0) is 5.75 Å². The molecular formula is C15H15N3O2S. The molecule has 2 aromatic heterocycles. The molecule has 0 aliphatic heterocycles. The van der Waals surface area contributed by atoms with E-state index in [0.717, 1.165) is 17.0 Å². The lowest BCUT2D eigenvalue weighted by Crippen LogP contribution is -1.82. The van der Waals surface area contributed by atoms with E-state index in [1.807, 2.05) is 25.1 Å². The van der Waals surface area contributed by atoms with Crippen LogP contribution in [0.4, 0.5) is 0 Å². The van der Waals surface area contributed by atoms with Gasteiger partial charge in [-0.3, -0.25) is 0 Å². The molecule has 0 N–H and O–H groups in total. The number of aryl methyl sites for hydroxylation is 3. The van der Waals surface area contributed by atoms with Gasteiger partial charge in [0.15, 0.2) is 0 Å². The normalized spacial score (nSPS) is 11.0. The molecular weight excluding hydrogens is 286 g/mol. The highest BCUT2D eigenvalue weighted by atomic mass is 32.2. The van der Waals surface area contributed by atoms with E-state index < -0.39 is 0 Å². The minimum atomic E-state index is 0.532. The Bertz CT molecular complexity index is 744. The second-order valence-corrected chi connectivity index (χ2v) is 5.89. The summed E-state index contributed by atoms with van der Waals surface area (Å²) in [6.07, 6.45) is 0. The van der Waals surface area contributed by atoms with Gasteiger partial charge in [-0.05, 0) is 32.9 Å². The van der Waals surface area contributed by atoms with Gasteiger partial charge in [0.25, 0.3) is 5.22 Å². The van der Waals surface area contributed by atoms with Crippen LogP contribution in [0.2, 0.25) is 0 Å². The number of hydrogen-bond acceptors (Lipinski definition) is 6. The molecule has 0 aliphatic carbocycles. The molecule has 0 amide bonds. The quantitative estimate of drug-likeness (QED) is 0.680. The number of hydrogen-bond donors (Lipinski definition) is 0. The lowest BCUT2D eigenvalue weighted by atomic mass is 10.1. The third-order valence-electron chi connectivity index (χ3n) is 2.90. The monoisotopic (exact) mass is 301 g/mol. The second kappa shape index (κ2) is 5.73. The van der Waals surface area contributed by atoms with Gasteiger partial charge in [0.1, 0.15) is 5.76 Å². The van der Waals surface area contributed by atoms with Gasteiger partial charge in [-0.1, -0.05) is 34.1 Å². The van der Waals surface area contributed by atoms with Crippen molar-refractivity contribution in [1.29, 1.82) is 0 Å². The van der Waals surface area contributed by atoms with Gasteiger partial charge in [-0.25, -0.2) is 0 Å². The van der Waals surface area contributed by atoms with E-state index in [9.17, 15) is 0 Å². The van der Waals surface area contributed by atoms with E-state index in [4.69, 9.17) is 8.94 Å². The first-order chi connectivity index (χ1) is 10.1. The lowest BCUT2D eigenvalue weighted by Gasteiger charge is -1.99. The maximum Gasteiger partial charge on any atom is 0.277 e. The summed E-state index contributed by atoms with van der Waals surface area (Å²) in [4.78, 5) is 0. The van der Waals surface area contributed by atoms with E-state index in [0.29, 0.717) is 16.9 Å². The Hall–Kier alpha value is -2.08. The van der Waals surface area contributed by atoms with Crippen molar-refractivity contribution < 1.29 is 8.94 Å². The molecule has 0 saturated carbocycles. The topological polar surface area (TPSA) is 65.0 Å². The standard InChI is InChI=1S/C15H15N3O2S/c1-9-4-10(2)6-12(5-9)14-16-17-15(19-14)21-8-13-7-11(3)20-18-13/h4-7H,8H2,1-3H3. The molecule has 21 heavy (non-hydrogen) atoms. The van der Waals surface area contributed by atoms with Crippen LogP contribution < -0.4 is 0 Å². The SMILES string of the molecule is Cc1cc(C)cc(-c2nnc(SCc3cc(C)on3)o2)c1. The molecule has 2 heterocycles. The summed E-state index contributed by atoms with van der Waals surface area (Å²) in [6.45, 7) is 5.97. The van der Waals surface area contributed by atoms with E-state index in [2.05, 4.69) is 35.3 Å². The highest BCUT2D eigenvalue weighted by Gasteiger charge is 2.11. The number of benzene rings is 1. The Morgan fingerprint density at radius 2 is 1.76 bits per heavy atom. The summed E-state index contributed by atoms with van der Waals surface area (Å²) >= 11 is 1.45. The van der Waals surface area contributed by atoms with Crippen molar-refractivity contribution >= 4 is 11.8 Å². The zero-order chi connectivity index (χ0) is 14.8. The minimum absolute atomic E-state index is 0.532. The van der Waals surface area contributed by atoms with Crippen LogP contribution in [0.5, 0.6) is 0 Å². The summed E-state index contributed by atoms with van der Waals surface area (Å²) < 4.78 is 10.7. The minimum Gasteiger partial charge on any atom is -0.411 e. The van der Waals surface area contributed by atoms with Crippen molar-refractivity contribution in [1.82, 2.24) is 15.4 Å². The van der Waals surface area contributed by atoms with Gasteiger partial charge in [0.05, 0.1) is 5.69 Å². The van der Waals surface area contributed by atoms with Gasteiger partial charge < -0.3 is 8.94 Å². The summed E-state index contributed by atoms with van der Waals surface area (Å²) in [6, 6.07) is 8.09. The third-order valence-corrected chi connectivity index (χ3v) is 3.75. The number of rotatable bonds is 4. The van der Waals surface area contributed by atoms with Gasteiger partial charge >= 0.3 is 0 Å². The van der Waals surface area contributed by atoms with Crippen LogP contribution in [-0.4, -0.2) is 15.4 Å². The average molecular weight is 301 g/mol. The summed E-state index contributed by atoms with van der Waals surface area (Å²) in [5, 5.41) is 12.6. The molecule has 0 aliphatic rings. The summed E-state index contributed by atoms with van der Waals surface area (Å²) in [5.41, 5.74) is 4.17. The first kappa shape index (κ1) is 13.9. The Labute approximate surface area is 126 Å². The Kier molecular flexibility index (Phi) is 3.79. The van der Waals surface area contributed by atoms with Crippen LogP contribution in [0.1, 0.15) is 22.6 Å². The van der Waals surface area contributed by atoms with E-state index in [1.54, 1.807) is 0 Å². The molecule has 5 nitrogen and oxygen atoms in total. The molecule has 0 saturated heterocycles. The molecule has 3 aromatic rings. The fourth-order valence-corrected chi connectivity index (χ4v) is 2.75.